The molecule has 95 heavy (non-hydrogen) atoms. The zero-order chi connectivity index (χ0) is 68.8. The molecule has 31 heteroatoms. The molecule has 41 unspecified atom stereocenters. The minimum absolute atomic E-state index is 0.0244. The third-order valence-corrected chi connectivity index (χ3v) is 24.0. The molecule has 0 bridgehead atoms. The third kappa shape index (κ3) is 13.8. The maximum Gasteiger partial charge on any atom is 0.187 e. The summed E-state index contributed by atoms with van der Waals surface area (Å²) in [7, 11) is 1.70. The van der Waals surface area contributed by atoms with E-state index >= 15 is 0 Å². The van der Waals surface area contributed by atoms with Gasteiger partial charge >= 0.3 is 0 Å². The zero-order valence-corrected chi connectivity index (χ0v) is 55.0. The Kier molecular flexibility index (Phi) is 23.3. The van der Waals surface area contributed by atoms with E-state index in [0.29, 0.717) is 43.4 Å². The standard InChI is InChI=1S/C64H106O31/c1-23(22-83-56-47(77)43(73)40(70)34(19-65)88-56)11-16-64(82-8)24(2)37-33(95-64)18-32-30-10-9-28-17-29(12-14-62(28,6)31(30)13-15-63(32,37)7)87-61-55(94-57-48(78)42(72)38(68)25(3)84-57)51(81)53(36(21-67)90-61)92-58-50(80)46(76)52(27(5)86-58)91-60-54(45(75)39(69)26(4)85-60)93-59-49(79)44(74)41(71)35(20-66)89-59/h9,23-27,29-61,65-81H,10-22H2,1-8H3. The molecule has 7 aliphatic heterocycles. The summed E-state index contributed by atoms with van der Waals surface area (Å²) in [4.78, 5) is 0. The molecule has 41 atom stereocenters. The van der Waals surface area contributed by atoms with Crippen LogP contribution < -0.4 is 0 Å². The van der Waals surface area contributed by atoms with Gasteiger partial charge in [0.2, 0.25) is 0 Å². The van der Waals surface area contributed by atoms with Gasteiger partial charge in [-0.25, -0.2) is 0 Å². The molecule has 11 aliphatic rings. The van der Waals surface area contributed by atoms with Crippen LogP contribution in [-0.2, 0) is 66.3 Å². The summed E-state index contributed by atoms with van der Waals surface area (Å²) in [5, 5.41) is 184. The highest BCUT2D eigenvalue weighted by atomic mass is 16.8. The molecule has 31 nitrogen and oxygen atoms in total. The molecular weight excluding hydrogens is 1260 g/mol. The quantitative estimate of drug-likeness (QED) is 0.0510. The minimum Gasteiger partial charge on any atom is -0.394 e. The van der Waals surface area contributed by atoms with Crippen LogP contribution in [0.4, 0.5) is 0 Å². The molecule has 548 valence electrons. The van der Waals surface area contributed by atoms with Gasteiger partial charge in [-0.1, -0.05) is 39.3 Å². The van der Waals surface area contributed by atoms with Crippen LogP contribution in [0.15, 0.2) is 11.6 Å². The zero-order valence-electron chi connectivity index (χ0n) is 55.0. The van der Waals surface area contributed by atoms with Gasteiger partial charge < -0.3 is 153 Å². The fourth-order valence-corrected chi connectivity index (χ4v) is 18.2. The highest BCUT2D eigenvalue weighted by Crippen LogP contribution is 2.70. The van der Waals surface area contributed by atoms with Crippen molar-refractivity contribution in [3.63, 3.8) is 0 Å². The first-order chi connectivity index (χ1) is 44.9. The molecular formula is C64H106O31. The number of fused-ring (bicyclic) bond motifs is 7. The van der Waals surface area contributed by atoms with E-state index < -0.39 is 216 Å². The molecule has 7 heterocycles. The Balaban J connectivity index is 0.742. The largest absolute Gasteiger partial charge is 0.394 e. The number of aliphatic hydroxyl groups is 17. The van der Waals surface area contributed by atoms with Gasteiger partial charge in [0.15, 0.2) is 43.5 Å². The van der Waals surface area contributed by atoms with Gasteiger partial charge in [0.1, 0.15) is 128 Å². The van der Waals surface area contributed by atoms with Gasteiger partial charge in [-0.3, -0.25) is 0 Å². The lowest BCUT2D eigenvalue weighted by Crippen LogP contribution is -2.67. The summed E-state index contributed by atoms with van der Waals surface area (Å²) < 4.78 is 85.8. The molecule has 10 fully saturated rings. The van der Waals surface area contributed by atoms with Crippen molar-refractivity contribution in [1.82, 2.24) is 0 Å². The molecule has 0 aromatic heterocycles. The van der Waals surface area contributed by atoms with E-state index in [-0.39, 0.29) is 41.3 Å². The Morgan fingerprint density at radius 1 is 0.505 bits per heavy atom. The molecule has 0 aromatic rings. The van der Waals surface area contributed by atoms with Crippen molar-refractivity contribution < 1.29 is 153 Å². The van der Waals surface area contributed by atoms with Crippen LogP contribution in [-0.4, -0.2) is 323 Å². The van der Waals surface area contributed by atoms with E-state index in [9.17, 15) is 86.8 Å². The van der Waals surface area contributed by atoms with Gasteiger partial charge in [-0.15, -0.1) is 0 Å². The van der Waals surface area contributed by atoms with Crippen molar-refractivity contribution in [2.45, 2.75) is 308 Å². The van der Waals surface area contributed by atoms with Crippen molar-refractivity contribution in [2.24, 2.45) is 46.3 Å². The maximum absolute atomic E-state index is 12.5. The van der Waals surface area contributed by atoms with Gasteiger partial charge in [0, 0.05) is 19.4 Å². The van der Waals surface area contributed by atoms with Crippen molar-refractivity contribution in [1.29, 1.82) is 0 Å². The normalized spacial score (nSPS) is 55.2. The predicted octanol–water partition coefficient (Wildman–Crippen LogP) is -4.65. The van der Waals surface area contributed by atoms with Crippen LogP contribution in [0.25, 0.3) is 0 Å². The second kappa shape index (κ2) is 29.7. The summed E-state index contributed by atoms with van der Waals surface area (Å²) in [5.41, 5.74) is 0.999. The molecule has 0 amide bonds. The lowest BCUT2D eigenvalue weighted by molar-refractivity contribution is -0.399. The van der Waals surface area contributed by atoms with Crippen LogP contribution in [0.5, 0.6) is 0 Å². The van der Waals surface area contributed by atoms with Crippen molar-refractivity contribution in [3.8, 4) is 0 Å². The molecule has 11 rings (SSSR count). The summed E-state index contributed by atoms with van der Waals surface area (Å²) in [6, 6.07) is 0. The van der Waals surface area contributed by atoms with E-state index in [4.69, 9.17) is 66.3 Å². The molecule has 17 N–H and O–H groups in total. The molecule has 4 aliphatic carbocycles. The highest BCUT2D eigenvalue weighted by molar-refractivity contribution is 5.26. The first-order valence-electron chi connectivity index (χ1n) is 34.1. The smallest absolute Gasteiger partial charge is 0.187 e. The summed E-state index contributed by atoms with van der Waals surface area (Å²) >= 11 is 0. The number of rotatable bonds is 20. The second-order valence-corrected chi connectivity index (χ2v) is 29.6. The number of hydrogen-bond donors (Lipinski definition) is 17. The Hall–Kier alpha value is -1.50. The van der Waals surface area contributed by atoms with Crippen LogP contribution in [0.2, 0.25) is 0 Å². The van der Waals surface area contributed by atoms with Crippen molar-refractivity contribution >= 4 is 0 Å². The Bertz CT molecular complexity index is 2540. The molecule has 0 spiro atoms. The highest BCUT2D eigenvalue weighted by Gasteiger charge is 2.69. The number of methoxy groups -OCH3 is 1. The van der Waals surface area contributed by atoms with E-state index in [0.717, 1.165) is 32.1 Å². The lowest BCUT2D eigenvalue weighted by atomic mass is 9.47. The summed E-state index contributed by atoms with van der Waals surface area (Å²) in [6.07, 6.45) is -39.4. The fraction of sp³-hybridized carbons (Fsp3) is 0.969. The van der Waals surface area contributed by atoms with Gasteiger partial charge in [0.25, 0.3) is 0 Å². The van der Waals surface area contributed by atoms with Crippen molar-refractivity contribution in [3.05, 3.63) is 11.6 Å². The fourth-order valence-electron chi connectivity index (χ4n) is 18.2. The van der Waals surface area contributed by atoms with E-state index in [1.807, 2.05) is 6.92 Å². The van der Waals surface area contributed by atoms with E-state index in [2.05, 4.69) is 26.8 Å². The van der Waals surface area contributed by atoms with Crippen LogP contribution >= 0.6 is 0 Å². The van der Waals surface area contributed by atoms with E-state index in [1.54, 1.807) is 7.11 Å². The Morgan fingerprint density at radius 3 is 1.62 bits per heavy atom. The number of allylic oxidation sites excluding steroid dienone is 1. The SMILES string of the molecule is COC1(CCC(C)COC2OC(CO)C(O)C(O)C2O)OC2CC3C4CC=C5CC(OC6OC(CO)C(OC7OC(C)C(OC8OC(C)C(O)C(O)C8OC8OC(CO)C(O)C(O)C8O)C(O)C7O)C(O)C6OC6OC(C)C(O)C(O)C6O)CCC5(C)C4CCC3(C)C2C1C. The minimum atomic E-state index is -2.01. The predicted molar refractivity (Wildman–Crippen MR) is 317 cm³/mol. The molecule has 0 radical (unpaired) electrons. The van der Waals surface area contributed by atoms with Gasteiger partial charge in [-0.2, -0.15) is 0 Å². The van der Waals surface area contributed by atoms with Gasteiger partial charge in [-0.05, 0) is 113 Å². The van der Waals surface area contributed by atoms with Crippen LogP contribution in [0.3, 0.4) is 0 Å². The number of aliphatic hydroxyl groups excluding tert-OH is 17. The molecule has 3 saturated carbocycles. The summed E-state index contributed by atoms with van der Waals surface area (Å²) in [5.74, 6) is 0.530. The lowest BCUT2D eigenvalue weighted by Gasteiger charge is -2.58. The topological polar surface area (TPSA) is 473 Å². The average molecular weight is 1370 g/mol. The van der Waals surface area contributed by atoms with Gasteiger partial charge in [0.05, 0.1) is 56.9 Å². The first-order valence-corrected chi connectivity index (χ1v) is 34.1. The molecule has 0 aromatic carbocycles. The third-order valence-electron chi connectivity index (χ3n) is 24.0. The monoisotopic (exact) mass is 1370 g/mol. The second-order valence-electron chi connectivity index (χ2n) is 29.6. The Morgan fingerprint density at radius 2 is 1.00 bits per heavy atom. The maximum atomic E-state index is 12.5. The van der Waals surface area contributed by atoms with E-state index in [1.165, 1.54) is 26.3 Å². The number of hydrogen-bond acceptors (Lipinski definition) is 31. The van der Waals surface area contributed by atoms with Crippen molar-refractivity contribution in [2.75, 3.05) is 33.5 Å². The Labute approximate surface area is 551 Å². The molecule has 7 saturated heterocycles. The first kappa shape index (κ1) is 74.7. The summed E-state index contributed by atoms with van der Waals surface area (Å²) in [6.45, 7) is 11.3. The van der Waals surface area contributed by atoms with Crippen LogP contribution in [0.1, 0.15) is 106 Å². The number of ether oxygens (including phenoxy) is 14. The average Bonchev–Trinajstić information content (AvgIpc) is 1.56. The van der Waals surface area contributed by atoms with Crippen LogP contribution in [0, 0.1) is 46.3 Å².